The van der Waals surface area contributed by atoms with Crippen LogP contribution < -0.4 is 5.32 Å². The van der Waals surface area contributed by atoms with Crippen molar-refractivity contribution in [2.75, 3.05) is 13.6 Å². The van der Waals surface area contributed by atoms with Gasteiger partial charge in [-0.25, -0.2) is 4.39 Å². The molecule has 15 heavy (non-hydrogen) atoms. The number of nitrogens with one attached hydrogen (secondary N) is 1. The SMILES string of the molecule is CNC[C@@H](OC(C)C)c1cccc(F)c1. The van der Waals surface area contributed by atoms with Gasteiger partial charge in [-0.2, -0.15) is 0 Å². The van der Waals surface area contributed by atoms with Crippen LogP contribution in [0.2, 0.25) is 0 Å². The predicted octanol–water partition coefficient (Wildman–Crippen LogP) is 2.51. The maximum atomic E-state index is 13.0. The minimum Gasteiger partial charge on any atom is -0.370 e. The number of halogens is 1. The molecule has 0 saturated heterocycles. The average Bonchev–Trinajstić information content (AvgIpc) is 2.16. The van der Waals surface area contributed by atoms with E-state index >= 15 is 0 Å². The number of rotatable bonds is 5. The Morgan fingerprint density at radius 3 is 2.67 bits per heavy atom. The minimum atomic E-state index is -0.221. The number of hydrogen-bond donors (Lipinski definition) is 1. The van der Waals surface area contributed by atoms with Gasteiger partial charge in [-0.15, -0.1) is 0 Å². The van der Waals surface area contributed by atoms with Crippen LogP contribution in [0.1, 0.15) is 25.5 Å². The number of ether oxygens (including phenoxy) is 1. The molecule has 0 saturated carbocycles. The third-order valence-electron chi connectivity index (χ3n) is 2.05. The Labute approximate surface area is 90.4 Å². The highest BCUT2D eigenvalue weighted by molar-refractivity contribution is 5.19. The first kappa shape index (κ1) is 12.1. The molecule has 0 heterocycles. The van der Waals surface area contributed by atoms with Crippen molar-refractivity contribution in [3.8, 4) is 0 Å². The Morgan fingerprint density at radius 1 is 1.40 bits per heavy atom. The Kier molecular flexibility index (Phi) is 4.72. The van der Waals surface area contributed by atoms with E-state index in [1.807, 2.05) is 27.0 Å². The maximum absolute atomic E-state index is 13.0. The van der Waals surface area contributed by atoms with E-state index in [0.29, 0.717) is 6.54 Å². The Bertz CT molecular complexity index is 301. The molecule has 84 valence electrons. The van der Waals surface area contributed by atoms with Gasteiger partial charge in [0.2, 0.25) is 0 Å². The lowest BCUT2D eigenvalue weighted by Gasteiger charge is -2.20. The summed E-state index contributed by atoms with van der Waals surface area (Å²) in [6.45, 7) is 4.63. The molecule has 1 rings (SSSR count). The molecule has 1 aromatic rings. The van der Waals surface area contributed by atoms with E-state index < -0.39 is 0 Å². The van der Waals surface area contributed by atoms with Crippen LogP contribution in [-0.4, -0.2) is 19.7 Å². The molecule has 0 aromatic heterocycles. The fourth-order valence-electron chi connectivity index (χ4n) is 1.47. The van der Waals surface area contributed by atoms with E-state index in [-0.39, 0.29) is 18.0 Å². The van der Waals surface area contributed by atoms with Gasteiger partial charge in [0.1, 0.15) is 5.82 Å². The van der Waals surface area contributed by atoms with Crippen LogP contribution in [0.25, 0.3) is 0 Å². The van der Waals surface area contributed by atoms with E-state index in [9.17, 15) is 4.39 Å². The Morgan fingerprint density at radius 2 is 2.13 bits per heavy atom. The van der Waals surface area contributed by atoms with E-state index in [1.54, 1.807) is 6.07 Å². The van der Waals surface area contributed by atoms with E-state index in [4.69, 9.17) is 4.74 Å². The summed E-state index contributed by atoms with van der Waals surface area (Å²) in [6, 6.07) is 6.55. The molecule has 0 bridgehead atoms. The lowest BCUT2D eigenvalue weighted by atomic mass is 10.1. The molecular formula is C12H18FNO. The molecule has 0 unspecified atom stereocenters. The smallest absolute Gasteiger partial charge is 0.123 e. The first-order valence-electron chi connectivity index (χ1n) is 5.19. The first-order valence-corrected chi connectivity index (χ1v) is 5.19. The molecule has 0 spiro atoms. The van der Waals surface area contributed by atoms with Crippen molar-refractivity contribution in [1.29, 1.82) is 0 Å². The zero-order valence-electron chi connectivity index (χ0n) is 9.46. The van der Waals surface area contributed by atoms with Gasteiger partial charge in [0.25, 0.3) is 0 Å². The molecule has 0 radical (unpaired) electrons. The zero-order chi connectivity index (χ0) is 11.3. The van der Waals surface area contributed by atoms with Crippen molar-refractivity contribution in [3.05, 3.63) is 35.6 Å². The molecule has 1 aromatic carbocycles. The van der Waals surface area contributed by atoms with E-state index in [0.717, 1.165) is 5.56 Å². The highest BCUT2D eigenvalue weighted by Gasteiger charge is 2.13. The van der Waals surface area contributed by atoms with Gasteiger partial charge in [-0.05, 0) is 38.6 Å². The molecular weight excluding hydrogens is 193 g/mol. The van der Waals surface area contributed by atoms with Crippen molar-refractivity contribution >= 4 is 0 Å². The lowest BCUT2D eigenvalue weighted by Crippen LogP contribution is -2.22. The molecule has 2 nitrogen and oxygen atoms in total. The second-order valence-corrected chi connectivity index (χ2v) is 3.79. The number of benzene rings is 1. The summed E-state index contributed by atoms with van der Waals surface area (Å²) in [5.74, 6) is -0.221. The van der Waals surface area contributed by atoms with Crippen LogP contribution >= 0.6 is 0 Å². The fourth-order valence-corrected chi connectivity index (χ4v) is 1.47. The van der Waals surface area contributed by atoms with Gasteiger partial charge in [-0.1, -0.05) is 12.1 Å². The van der Waals surface area contributed by atoms with Crippen LogP contribution in [0.4, 0.5) is 4.39 Å². The van der Waals surface area contributed by atoms with Crippen molar-refractivity contribution in [1.82, 2.24) is 5.32 Å². The largest absolute Gasteiger partial charge is 0.370 e. The van der Waals surface area contributed by atoms with Gasteiger partial charge in [0.15, 0.2) is 0 Å². The Hall–Kier alpha value is -0.930. The van der Waals surface area contributed by atoms with Crippen molar-refractivity contribution < 1.29 is 9.13 Å². The van der Waals surface area contributed by atoms with Crippen LogP contribution in [0.3, 0.4) is 0 Å². The molecule has 0 aliphatic heterocycles. The summed E-state index contributed by atoms with van der Waals surface area (Å²) in [7, 11) is 1.86. The predicted molar refractivity (Wildman–Crippen MR) is 59.3 cm³/mol. The first-order chi connectivity index (χ1) is 7.13. The monoisotopic (exact) mass is 211 g/mol. The quantitative estimate of drug-likeness (QED) is 0.808. The van der Waals surface area contributed by atoms with Crippen molar-refractivity contribution in [2.45, 2.75) is 26.1 Å². The van der Waals surface area contributed by atoms with E-state index in [2.05, 4.69) is 5.32 Å². The van der Waals surface area contributed by atoms with Crippen LogP contribution in [0, 0.1) is 5.82 Å². The maximum Gasteiger partial charge on any atom is 0.123 e. The van der Waals surface area contributed by atoms with Gasteiger partial charge in [0.05, 0.1) is 12.2 Å². The fraction of sp³-hybridized carbons (Fsp3) is 0.500. The topological polar surface area (TPSA) is 21.3 Å². The van der Waals surface area contributed by atoms with Gasteiger partial charge in [0, 0.05) is 6.54 Å². The summed E-state index contributed by atoms with van der Waals surface area (Å²) < 4.78 is 18.7. The van der Waals surface area contributed by atoms with Crippen LogP contribution in [-0.2, 0) is 4.74 Å². The molecule has 0 aliphatic carbocycles. The molecule has 0 amide bonds. The Balaban J connectivity index is 2.78. The third kappa shape index (κ3) is 3.98. The van der Waals surface area contributed by atoms with Crippen molar-refractivity contribution in [2.24, 2.45) is 0 Å². The molecule has 1 atom stereocenters. The third-order valence-corrected chi connectivity index (χ3v) is 2.05. The number of likely N-dealkylation sites (N-methyl/N-ethyl adjacent to an activating group) is 1. The van der Waals surface area contributed by atoms with Crippen LogP contribution in [0.5, 0.6) is 0 Å². The van der Waals surface area contributed by atoms with Gasteiger partial charge in [-0.3, -0.25) is 0 Å². The normalized spacial score (nSPS) is 13.1. The highest BCUT2D eigenvalue weighted by Crippen LogP contribution is 2.19. The average molecular weight is 211 g/mol. The van der Waals surface area contributed by atoms with Gasteiger partial charge < -0.3 is 10.1 Å². The number of hydrogen-bond acceptors (Lipinski definition) is 2. The second kappa shape index (κ2) is 5.83. The van der Waals surface area contributed by atoms with Gasteiger partial charge >= 0.3 is 0 Å². The van der Waals surface area contributed by atoms with Crippen molar-refractivity contribution in [3.63, 3.8) is 0 Å². The molecule has 0 aliphatic rings. The van der Waals surface area contributed by atoms with Crippen LogP contribution in [0.15, 0.2) is 24.3 Å². The lowest BCUT2D eigenvalue weighted by molar-refractivity contribution is 0.00798. The summed E-state index contributed by atoms with van der Waals surface area (Å²) >= 11 is 0. The summed E-state index contributed by atoms with van der Waals surface area (Å²) in [5, 5.41) is 3.04. The minimum absolute atomic E-state index is 0.0919. The van der Waals surface area contributed by atoms with E-state index in [1.165, 1.54) is 12.1 Å². The summed E-state index contributed by atoms with van der Waals surface area (Å²) in [6.07, 6.45) is 0.0392. The summed E-state index contributed by atoms with van der Waals surface area (Å²) in [5.41, 5.74) is 0.873. The second-order valence-electron chi connectivity index (χ2n) is 3.79. The molecule has 0 fully saturated rings. The molecule has 1 N–H and O–H groups in total. The zero-order valence-corrected chi connectivity index (χ0v) is 9.46. The highest BCUT2D eigenvalue weighted by atomic mass is 19.1. The molecule has 3 heteroatoms. The summed E-state index contributed by atoms with van der Waals surface area (Å²) in [4.78, 5) is 0. The standard InChI is InChI=1S/C12H18FNO/c1-9(2)15-12(8-14-3)10-5-4-6-11(13)7-10/h4-7,9,12,14H,8H2,1-3H3/t12-/m1/s1.